The van der Waals surface area contributed by atoms with Crippen LogP contribution < -0.4 is 0 Å². The molecule has 0 saturated carbocycles. The molecular weight excluding hydrogens is 441 g/mol. The molecular formula is C16H16F5NO7Si. The molecule has 166 valence electrons. The van der Waals surface area contributed by atoms with Crippen LogP contribution in [-0.2, 0) is 27.7 Å². The Bertz CT molecular complexity index is 826. The lowest BCUT2D eigenvalue weighted by Crippen LogP contribution is -2.49. The second kappa shape index (κ2) is 10.1. The second-order valence-electron chi connectivity index (χ2n) is 5.81. The smallest absolute Gasteiger partial charge is 0.455 e. The fraction of sp³-hybridized carbons (Fsp3) is 0.375. The highest BCUT2D eigenvalue weighted by molar-refractivity contribution is 6.65. The second-order valence-corrected chi connectivity index (χ2v) is 8.28. The quantitative estimate of drug-likeness (QED) is 0.195. The van der Waals surface area contributed by atoms with E-state index in [0.29, 0.717) is 0 Å². The summed E-state index contributed by atoms with van der Waals surface area (Å²) in [6, 6.07) is -0.535. The molecule has 1 aromatic rings. The zero-order chi connectivity index (χ0) is 23.2. The summed E-state index contributed by atoms with van der Waals surface area (Å²) in [5.74, 6) is -13.2. The Morgan fingerprint density at radius 2 is 1.33 bits per heavy atom. The normalized spacial score (nSPS) is 10.9. The summed E-state index contributed by atoms with van der Waals surface area (Å²) >= 11 is 0. The molecule has 0 radical (unpaired) electrons. The molecule has 0 N–H and O–H groups in total. The van der Waals surface area contributed by atoms with E-state index < -0.39 is 85.6 Å². The molecule has 30 heavy (non-hydrogen) atoms. The number of rotatable bonds is 8. The maximum absolute atomic E-state index is 14.1. The highest BCUT2D eigenvalue weighted by Gasteiger charge is 2.51. The van der Waals surface area contributed by atoms with Crippen LogP contribution in [0.4, 0.5) is 22.0 Å². The number of carbonyl (C=O) groups is 4. The van der Waals surface area contributed by atoms with Crippen molar-refractivity contribution in [1.82, 2.24) is 5.12 Å². The molecule has 0 aliphatic carbocycles. The number of hydrogen-bond acceptors (Lipinski definition) is 7. The van der Waals surface area contributed by atoms with E-state index in [1.165, 1.54) is 0 Å². The largest absolute Gasteiger partial charge is 0.705 e. The van der Waals surface area contributed by atoms with Gasteiger partial charge in [0, 0.05) is 20.8 Å². The van der Waals surface area contributed by atoms with E-state index in [4.69, 9.17) is 13.3 Å². The summed E-state index contributed by atoms with van der Waals surface area (Å²) in [4.78, 5) is 45.7. The topological polar surface area (TPSA) is 99.2 Å². The lowest BCUT2D eigenvalue weighted by atomic mass is 10.1. The van der Waals surface area contributed by atoms with Gasteiger partial charge in [-0.2, -0.15) is 5.12 Å². The molecule has 14 heteroatoms. The monoisotopic (exact) mass is 457 g/mol. The first-order valence-electron chi connectivity index (χ1n) is 8.19. The van der Waals surface area contributed by atoms with Gasteiger partial charge in [-0.3, -0.25) is 19.2 Å². The predicted octanol–water partition coefficient (Wildman–Crippen LogP) is 2.59. The minimum atomic E-state index is -4.30. The first kappa shape index (κ1) is 25.0. The van der Waals surface area contributed by atoms with Gasteiger partial charge in [-0.05, 0) is 12.5 Å². The predicted molar refractivity (Wildman–Crippen MR) is 88.9 cm³/mol. The highest BCUT2D eigenvalue weighted by atomic mass is 28.4. The summed E-state index contributed by atoms with van der Waals surface area (Å²) < 4.78 is 81.6. The third-order valence-corrected chi connectivity index (χ3v) is 6.05. The summed E-state index contributed by atoms with van der Waals surface area (Å²) in [5, 5.41) is -0.649. The van der Waals surface area contributed by atoms with Gasteiger partial charge >= 0.3 is 8.80 Å². The summed E-state index contributed by atoms with van der Waals surface area (Å²) in [6.45, 7) is 1.91. The lowest BCUT2D eigenvalue weighted by Gasteiger charge is -2.26. The van der Waals surface area contributed by atoms with Crippen molar-refractivity contribution in [2.24, 2.45) is 0 Å². The molecule has 0 aliphatic heterocycles. The van der Waals surface area contributed by atoms with Crippen molar-refractivity contribution in [2.45, 2.75) is 33.2 Å². The SMILES string of the molecule is CC(=O)O[Si](CCCN(F)C(=O)c1cc(F)c(F)c(F)c1F)(OC(C)=O)OC(C)=O. The Morgan fingerprint density at radius 3 is 1.77 bits per heavy atom. The van der Waals surface area contributed by atoms with Gasteiger partial charge in [0.15, 0.2) is 23.3 Å². The molecule has 0 bridgehead atoms. The molecule has 0 aromatic heterocycles. The van der Waals surface area contributed by atoms with Gasteiger partial charge in [0.05, 0.1) is 18.2 Å². The third-order valence-electron chi connectivity index (χ3n) is 3.29. The fourth-order valence-electron chi connectivity index (χ4n) is 2.27. The summed E-state index contributed by atoms with van der Waals surface area (Å²) in [6.07, 6.45) is -0.448. The van der Waals surface area contributed by atoms with Crippen LogP contribution >= 0.6 is 0 Å². The molecule has 0 fully saturated rings. The van der Waals surface area contributed by atoms with E-state index >= 15 is 0 Å². The van der Waals surface area contributed by atoms with Crippen LogP contribution in [0.5, 0.6) is 0 Å². The average molecular weight is 457 g/mol. The Hall–Kier alpha value is -3.03. The Labute approximate surface area is 167 Å². The van der Waals surface area contributed by atoms with Crippen LogP contribution in [0.1, 0.15) is 37.6 Å². The highest BCUT2D eigenvalue weighted by Crippen LogP contribution is 2.22. The molecule has 8 nitrogen and oxygen atoms in total. The van der Waals surface area contributed by atoms with E-state index in [9.17, 15) is 41.2 Å². The van der Waals surface area contributed by atoms with Gasteiger partial charge in [0.2, 0.25) is 0 Å². The lowest BCUT2D eigenvalue weighted by molar-refractivity contribution is -0.147. The van der Waals surface area contributed by atoms with Gasteiger partial charge in [-0.1, -0.05) is 4.48 Å². The Morgan fingerprint density at radius 1 is 0.867 bits per heavy atom. The number of carbonyl (C=O) groups excluding carboxylic acids is 4. The molecule has 0 saturated heterocycles. The fourth-order valence-corrected chi connectivity index (χ4v) is 4.60. The summed E-state index contributed by atoms with van der Waals surface area (Å²) in [5.41, 5.74) is -1.41. The number of hydrogen-bond donors (Lipinski definition) is 0. The molecule has 1 amide bonds. The molecule has 0 unspecified atom stereocenters. The van der Waals surface area contributed by atoms with Crippen LogP contribution in [0.25, 0.3) is 0 Å². The van der Waals surface area contributed by atoms with Gasteiger partial charge in [0.1, 0.15) is 0 Å². The Balaban J connectivity index is 2.97. The molecule has 0 spiro atoms. The minimum absolute atomic E-state index is 0.0156. The van der Waals surface area contributed by atoms with Crippen molar-refractivity contribution >= 4 is 32.6 Å². The van der Waals surface area contributed by atoms with Crippen molar-refractivity contribution in [2.75, 3.05) is 6.54 Å². The van der Waals surface area contributed by atoms with E-state index in [2.05, 4.69) is 0 Å². The first-order valence-corrected chi connectivity index (χ1v) is 10.1. The molecule has 0 heterocycles. The first-order chi connectivity index (χ1) is 13.8. The zero-order valence-corrected chi connectivity index (χ0v) is 16.9. The summed E-state index contributed by atoms with van der Waals surface area (Å²) in [7, 11) is -4.30. The van der Waals surface area contributed by atoms with Crippen LogP contribution in [0.2, 0.25) is 6.04 Å². The van der Waals surface area contributed by atoms with Crippen molar-refractivity contribution in [3.05, 3.63) is 34.9 Å². The van der Waals surface area contributed by atoms with Gasteiger partial charge in [-0.25, -0.2) is 17.6 Å². The zero-order valence-electron chi connectivity index (χ0n) is 15.9. The molecule has 1 rings (SSSR count). The minimum Gasteiger partial charge on any atom is -0.455 e. The van der Waals surface area contributed by atoms with E-state index in [1.54, 1.807) is 0 Å². The number of halogens is 5. The molecule has 0 aliphatic rings. The molecule has 0 atom stereocenters. The number of amides is 1. The van der Waals surface area contributed by atoms with Crippen LogP contribution in [0.3, 0.4) is 0 Å². The van der Waals surface area contributed by atoms with E-state index in [1.807, 2.05) is 0 Å². The van der Waals surface area contributed by atoms with Crippen LogP contribution in [-0.4, -0.2) is 44.3 Å². The van der Waals surface area contributed by atoms with Crippen molar-refractivity contribution in [3.8, 4) is 0 Å². The standard InChI is InChI=1S/C16H16F5NO7Si/c1-8(23)27-30(28-9(2)24,29-10(3)25)6-4-5-22(21)16(26)11-7-12(17)14(19)15(20)13(11)18/h7H,4-6H2,1-3H3. The Kier molecular flexibility index (Phi) is 8.45. The third kappa shape index (κ3) is 6.50. The maximum Gasteiger partial charge on any atom is 0.705 e. The van der Waals surface area contributed by atoms with Gasteiger partial charge < -0.3 is 13.3 Å². The van der Waals surface area contributed by atoms with Crippen molar-refractivity contribution < 1.29 is 54.5 Å². The van der Waals surface area contributed by atoms with E-state index in [-0.39, 0.29) is 6.07 Å². The maximum atomic E-state index is 14.1. The van der Waals surface area contributed by atoms with Gasteiger partial charge in [0.25, 0.3) is 23.8 Å². The van der Waals surface area contributed by atoms with E-state index in [0.717, 1.165) is 20.8 Å². The average Bonchev–Trinajstić information content (AvgIpc) is 2.60. The van der Waals surface area contributed by atoms with Gasteiger partial charge in [-0.15, -0.1) is 0 Å². The number of benzene rings is 1. The van der Waals surface area contributed by atoms with Crippen molar-refractivity contribution in [3.63, 3.8) is 0 Å². The van der Waals surface area contributed by atoms with Crippen LogP contribution in [0, 0.1) is 23.3 Å². The van der Waals surface area contributed by atoms with Crippen LogP contribution in [0.15, 0.2) is 6.07 Å². The number of nitrogens with zero attached hydrogens (tertiary/aromatic N) is 1. The van der Waals surface area contributed by atoms with Crippen molar-refractivity contribution in [1.29, 1.82) is 0 Å². The molecule has 1 aromatic carbocycles.